The number of nitrogens with one attached hydrogen (secondary N) is 1. The first kappa shape index (κ1) is 17.3. The maximum atomic E-state index is 12.2. The van der Waals surface area contributed by atoms with Crippen LogP contribution >= 0.6 is 11.6 Å². The largest absolute Gasteiger partial charge is 0.508 e. The van der Waals surface area contributed by atoms with Crippen molar-refractivity contribution in [2.24, 2.45) is 5.92 Å². The summed E-state index contributed by atoms with van der Waals surface area (Å²) in [5, 5.41) is 17.2. The number of hydrogen-bond donors (Lipinski definition) is 2. The molecule has 0 bridgehead atoms. The van der Waals surface area contributed by atoms with Gasteiger partial charge in [-0.05, 0) is 38.0 Å². The highest BCUT2D eigenvalue weighted by molar-refractivity contribution is 6.31. The second-order valence-electron chi connectivity index (χ2n) is 5.78. The van der Waals surface area contributed by atoms with E-state index in [-0.39, 0.29) is 17.6 Å². The average Bonchev–Trinajstić information content (AvgIpc) is 2.76. The van der Waals surface area contributed by atoms with Crippen LogP contribution < -0.4 is 5.32 Å². The van der Waals surface area contributed by atoms with Gasteiger partial charge in [-0.1, -0.05) is 30.7 Å². The van der Waals surface area contributed by atoms with E-state index in [0.717, 1.165) is 23.4 Å². The van der Waals surface area contributed by atoms with Gasteiger partial charge >= 0.3 is 0 Å². The van der Waals surface area contributed by atoms with Gasteiger partial charge in [-0.15, -0.1) is 0 Å². The Hall–Kier alpha value is -2.01. The first-order valence-corrected chi connectivity index (χ1v) is 8.01. The van der Waals surface area contributed by atoms with E-state index in [0.29, 0.717) is 18.1 Å². The van der Waals surface area contributed by atoms with Crippen molar-refractivity contribution in [3.63, 3.8) is 0 Å². The van der Waals surface area contributed by atoms with Crippen LogP contribution in [0.5, 0.6) is 5.75 Å². The molecule has 1 heterocycles. The van der Waals surface area contributed by atoms with Crippen LogP contribution in [0.3, 0.4) is 0 Å². The Bertz CT molecular complexity index is 680. The molecule has 1 amide bonds. The first-order chi connectivity index (χ1) is 10.9. The lowest BCUT2D eigenvalue weighted by Gasteiger charge is -2.13. The van der Waals surface area contributed by atoms with Gasteiger partial charge in [-0.2, -0.15) is 5.10 Å². The fraction of sp³-hybridized carbons (Fsp3) is 0.412. The summed E-state index contributed by atoms with van der Waals surface area (Å²) in [6.45, 7) is 6.70. The van der Waals surface area contributed by atoms with E-state index in [4.69, 9.17) is 11.6 Å². The highest BCUT2D eigenvalue weighted by atomic mass is 35.5. The molecule has 0 fully saturated rings. The number of carbonyl (C=O) groups is 1. The number of amides is 1. The molecule has 1 aromatic heterocycles. The number of benzene rings is 1. The average molecular weight is 336 g/mol. The lowest BCUT2D eigenvalue weighted by molar-refractivity contribution is -0.124. The highest BCUT2D eigenvalue weighted by Gasteiger charge is 2.16. The van der Waals surface area contributed by atoms with Crippen molar-refractivity contribution >= 4 is 17.5 Å². The van der Waals surface area contributed by atoms with Gasteiger partial charge < -0.3 is 10.4 Å². The number of phenols is 1. The number of aryl methyl sites for hydroxylation is 1. The maximum Gasteiger partial charge on any atom is 0.224 e. The van der Waals surface area contributed by atoms with Gasteiger partial charge in [0.15, 0.2) is 0 Å². The van der Waals surface area contributed by atoms with E-state index in [1.807, 2.05) is 32.9 Å². The summed E-state index contributed by atoms with van der Waals surface area (Å²) in [5.41, 5.74) is 2.73. The van der Waals surface area contributed by atoms with Crippen LogP contribution in [-0.4, -0.2) is 27.3 Å². The molecule has 1 aromatic carbocycles. The summed E-state index contributed by atoms with van der Waals surface area (Å²) in [4.78, 5) is 12.2. The predicted octanol–water partition coefficient (Wildman–Crippen LogP) is 2.85. The summed E-state index contributed by atoms with van der Waals surface area (Å²) in [6, 6.07) is 6.99. The number of halogens is 1. The first-order valence-electron chi connectivity index (χ1n) is 7.63. The highest BCUT2D eigenvalue weighted by Crippen LogP contribution is 2.19. The lowest BCUT2D eigenvalue weighted by Crippen LogP contribution is -2.33. The van der Waals surface area contributed by atoms with E-state index in [2.05, 4.69) is 10.4 Å². The number of nitrogens with zero attached hydrogens (tertiary/aromatic N) is 2. The number of rotatable bonds is 6. The third-order valence-electron chi connectivity index (χ3n) is 3.84. The monoisotopic (exact) mass is 335 g/mol. The number of aromatic nitrogens is 2. The molecule has 0 spiro atoms. The van der Waals surface area contributed by atoms with E-state index < -0.39 is 0 Å². The molecule has 5 nitrogen and oxygen atoms in total. The Kier molecular flexibility index (Phi) is 5.66. The van der Waals surface area contributed by atoms with Crippen LogP contribution in [0.1, 0.15) is 23.9 Å². The van der Waals surface area contributed by atoms with Crippen LogP contribution in [0.4, 0.5) is 0 Å². The lowest BCUT2D eigenvalue weighted by atomic mass is 10.1. The number of phenolic OH excluding ortho intramolecular Hbond substituents is 1. The van der Waals surface area contributed by atoms with Gasteiger partial charge in [0.05, 0.1) is 28.9 Å². The number of aromatic hydroxyl groups is 1. The zero-order valence-electron chi connectivity index (χ0n) is 13.6. The third kappa shape index (κ3) is 4.48. The van der Waals surface area contributed by atoms with Gasteiger partial charge in [0.1, 0.15) is 5.75 Å². The molecular formula is C17H22ClN3O2. The molecule has 6 heteroatoms. The van der Waals surface area contributed by atoms with E-state index in [9.17, 15) is 9.90 Å². The molecule has 0 aliphatic carbocycles. The van der Waals surface area contributed by atoms with Crippen molar-refractivity contribution in [3.05, 3.63) is 46.2 Å². The van der Waals surface area contributed by atoms with Crippen LogP contribution in [0.25, 0.3) is 0 Å². The quantitative estimate of drug-likeness (QED) is 0.853. The van der Waals surface area contributed by atoms with Gasteiger partial charge in [-0.25, -0.2) is 0 Å². The summed E-state index contributed by atoms with van der Waals surface area (Å²) >= 11 is 6.12. The fourth-order valence-corrected chi connectivity index (χ4v) is 2.50. The standard InChI is InChI=1S/C17H22ClN3O2/c1-11(10-21-13(3)16(18)12(2)20-21)17(23)19-9-8-14-4-6-15(22)7-5-14/h4-7,11,22H,8-10H2,1-3H3,(H,19,23)/t11-/m0/s1. The molecule has 0 radical (unpaired) electrons. The third-order valence-corrected chi connectivity index (χ3v) is 4.38. The minimum Gasteiger partial charge on any atom is -0.508 e. The van der Waals surface area contributed by atoms with E-state index >= 15 is 0 Å². The van der Waals surface area contributed by atoms with Crippen molar-refractivity contribution < 1.29 is 9.90 Å². The van der Waals surface area contributed by atoms with Gasteiger partial charge in [0, 0.05) is 6.54 Å². The Balaban J connectivity index is 1.82. The number of hydrogen-bond acceptors (Lipinski definition) is 3. The van der Waals surface area contributed by atoms with Crippen molar-refractivity contribution in [1.29, 1.82) is 0 Å². The van der Waals surface area contributed by atoms with Crippen LogP contribution in [-0.2, 0) is 17.8 Å². The zero-order chi connectivity index (χ0) is 17.0. The maximum absolute atomic E-state index is 12.2. The number of carbonyl (C=O) groups excluding carboxylic acids is 1. The molecule has 0 saturated carbocycles. The smallest absolute Gasteiger partial charge is 0.224 e. The Morgan fingerprint density at radius 1 is 1.35 bits per heavy atom. The van der Waals surface area contributed by atoms with Crippen LogP contribution in [0.2, 0.25) is 5.02 Å². The van der Waals surface area contributed by atoms with Crippen LogP contribution in [0, 0.1) is 19.8 Å². The molecule has 2 rings (SSSR count). The minimum atomic E-state index is -0.191. The molecule has 2 aromatic rings. The summed E-state index contributed by atoms with van der Waals surface area (Å²) in [6.07, 6.45) is 0.727. The topological polar surface area (TPSA) is 67.2 Å². The van der Waals surface area contributed by atoms with Gasteiger partial charge in [0.2, 0.25) is 5.91 Å². The minimum absolute atomic E-state index is 0.00699. The second kappa shape index (κ2) is 7.51. The Morgan fingerprint density at radius 2 is 2.00 bits per heavy atom. The van der Waals surface area contributed by atoms with E-state index in [1.165, 1.54) is 0 Å². The van der Waals surface area contributed by atoms with Crippen molar-refractivity contribution in [2.75, 3.05) is 6.54 Å². The molecule has 0 saturated heterocycles. The predicted molar refractivity (Wildman–Crippen MR) is 90.7 cm³/mol. The molecule has 124 valence electrons. The van der Waals surface area contributed by atoms with Gasteiger partial charge in [0.25, 0.3) is 0 Å². The Morgan fingerprint density at radius 3 is 2.57 bits per heavy atom. The molecule has 2 N–H and O–H groups in total. The molecular weight excluding hydrogens is 314 g/mol. The Labute approximate surface area is 141 Å². The summed E-state index contributed by atoms with van der Waals surface area (Å²) in [5.74, 6) is 0.0475. The molecule has 0 aliphatic heterocycles. The summed E-state index contributed by atoms with van der Waals surface area (Å²) in [7, 11) is 0. The van der Waals surface area contributed by atoms with Crippen molar-refractivity contribution in [1.82, 2.24) is 15.1 Å². The zero-order valence-corrected chi connectivity index (χ0v) is 14.4. The molecule has 0 aliphatic rings. The normalized spacial score (nSPS) is 12.2. The van der Waals surface area contributed by atoms with Crippen LogP contribution in [0.15, 0.2) is 24.3 Å². The SMILES string of the molecule is Cc1nn(C[C@H](C)C(=O)NCCc2ccc(O)cc2)c(C)c1Cl. The van der Waals surface area contributed by atoms with E-state index in [1.54, 1.807) is 16.8 Å². The molecule has 0 unspecified atom stereocenters. The fourth-order valence-electron chi connectivity index (χ4n) is 2.36. The summed E-state index contributed by atoms with van der Waals surface area (Å²) < 4.78 is 1.78. The molecule has 1 atom stereocenters. The van der Waals surface area contributed by atoms with Crippen molar-refractivity contribution in [3.8, 4) is 5.75 Å². The van der Waals surface area contributed by atoms with Gasteiger partial charge in [-0.3, -0.25) is 9.48 Å². The van der Waals surface area contributed by atoms with Crippen molar-refractivity contribution in [2.45, 2.75) is 33.7 Å². The second-order valence-corrected chi connectivity index (χ2v) is 6.15. The molecule has 23 heavy (non-hydrogen) atoms.